The first-order valence-electron chi connectivity index (χ1n) is 11.3. The topological polar surface area (TPSA) is 85.4 Å². The van der Waals surface area contributed by atoms with E-state index in [1.807, 2.05) is 36.4 Å². The molecule has 2 amide bonds. The van der Waals surface area contributed by atoms with Crippen LogP contribution in [-0.2, 0) is 23.9 Å². The normalized spacial score (nSPS) is 31.2. The summed E-state index contributed by atoms with van der Waals surface area (Å²) in [5.74, 6) is -0.842. The van der Waals surface area contributed by atoms with Gasteiger partial charge in [-0.25, -0.2) is 0 Å². The highest BCUT2D eigenvalue weighted by molar-refractivity contribution is 6.03. The summed E-state index contributed by atoms with van der Waals surface area (Å²) in [5.41, 5.74) is 0.00658. The zero-order valence-electron chi connectivity index (χ0n) is 18.4. The Balaban J connectivity index is 1.32. The first kappa shape index (κ1) is 21.0. The molecule has 2 bridgehead atoms. The molecule has 8 heteroatoms. The van der Waals surface area contributed by atoms with Crippen molar-refractivity contribution in [3.8, 4) is 5.75 Å². The highest BCUT2D eigenvalue weighted by Crippen LogP contribution is 2.53. The maximum atomic E-state index is 13.5. The molecule has 8 nitrogen and oxygen atoms in total. The predicted molar refractivity (Wildman–Crippen MR) is 115 cm³/mol. The van der Waals surface area contributed by atoms with Crippen LogP contribution >= 0.6 is 0 Å². The summed E-state index contributed by atoms with van der Waals surface area (Å²) in [7, 11) is 1.60. The number of rotatable bonds is 5. The Morgan fingerprint density at radius 3 is 2.56 bits per heavy atom. The van der Waals surface area contributed by atoms with Gasteiger partial charge in [0.2, 0.25) is 11.8 Å². The van der Waals surface area contributed by atoms with Crippen molar-refractivity contribution < 1.29 is 28.6 Å². The third-order valence-electron chi connectivity index (χ3n) is 7.20. The van der Waals surface area contributed by atoms with Crippen molar-refractivity contribution in [2.45, 2.75) is 31.5 Å². The lowest BCUT2D eigenvalue weighted by atomic mass is 9.76. The van der Waals surface area contributed by atoms with Gasteiger partial charge in [-0.1, -0.05) is 12.2 Å². The van der Waals surface area contributed by atoms with Gasteiger partial charge in [-0.15, -0.1) is 0 Å². The number of hydrogen-bond acceptors (Lipinski definition) is 6. The largest absolute Gasteiger partial charge is 0.497 e. The maximum absolute atomic E-state index is 13.5. The molecule has 0 N–H and O–H groups in total. The number of carbonyl (C=O) groups is 3. The van der Waals surface area contributed by atoms with Gasteiger partial charge < -0.3 is 24.0 Å². The van der Waals surface area contributed by atoms with Crippen LogP contribution in [0.1, 0.15) is 19.8 Å². The Hall–Kier alpha value is -2.87. The number of hydrogen-bond donors (Lipinski definition) is 0. The minimum Gasteiger partial charge on any atom is -0.497 e. The number of ether oxygens (including phenoxy) is 3. The van der Waals surface area contributed by atoms with E-state index < -0.39 is 17.4 Å². The number of carbonyl (C=O) groups excluding carboxylic acids is 3. The van der Waals surface area contributed by atoms with E-state index in [9.17, 15) is 14.4 Å². The van der Waals surface area contributed by atoms with Crippen LogP contribution in [0.5, 0.6) is 5.75 Å². The fourth-order valence-electron chi connectivity index (χ4n) is 5.57. The lowest BCUT2D eigenvalue weighted by molar-refractivity contribution is -0.152. The predicted octanol–water partition coefficient (Wildman–Crippen LogP) is 1.78. The number of piperidine rings is 1. The van der Waals surface area contributed by atoms with Crippen LogP contribution in [0.2, 0.25) is 0 Å². The third kappa shape index (κ3) is 3.20. The summed E-state index contributed by atoms with van der Waals surface area (Å²) in [6.45, 7) is 3.53. The number of fused-ring (bicyclic) bond motifs is 1. The molecule has 5 rings (SSSR count). The van der Waals surface area contributed by atoms with Gasteiger partial charge >= 0.3 is 5.97 Å². The fourth-order valence-corrected chi connectivity index (χ4v) is 5.57. The number of nitrogens with zero attached hydrogens (tertiary/aromatic N) is 2. The van der Waals surface area contributed by atoms with Crippen LogP contribution in [0.25, 0.3) is 0 Å². The molecule has 4 aliphatic heterocycles. The van der Waals surface area contributed by atoms with Gasteiger partial charge in [0, 0.05) is 18.8 Å². The summed E-state index contributed by atoms with van der Waals surface area (Å²) < 4.78 is 16.6. The summed E-state index contributed by atoms with van der Waals surface area (Å²) >= 11 is 0. The Morgan fingerprint density at radius 1 is 1.19 bits per heavy atom. The molecule has 0 radical (unpaired) electrons. The molecule has 3 saturated heterocycles. The van der Waals surface area contributed by atoms with Gasteiger partial charge in [0.1, 0.15) is 11.4 Å². The molecule has 3 fully saturated rings. The van der Waals surface area contributed by atoms with Crippen molar-refractivity contribution >= 4 is 23.5 Å². The van der Waals surface area contributed by atoms with Gasteiger partial charge in [-0.3, -0.25) is 14.4 Å². The zero-order valence-corrected chi connectivity index (χ0v) is 18.4. The SMILES string of the molecule is CCOC(=O)C1CCN(C(=O)C2C3C(=O)N(c4ccc(OC)cc4)CC34C=C[C@H]2O4)CC1. The first-order chi connectivity index (χ1) is 15.5. The molecule has 1 spiro atoms. The second kappa shape index (κ2) is 7.92. The van der Waals surface area contributed by atoms with Crippen LogP contribution in [0, 0.1) is 17.8 Å². The van der Waals surface area contributed by atoms with Crippen molar-refractivity contribution in [3.05, 3.63) is 36.4 Å². The van der Waals surface area contributed by atoms with Crippen molar-refractivity contribution in [2.24, 2.45) is 17.8 Å². The lowest BCUT2D eigenvalue weighted by Gasteiger charge is -2.34. The summed E-state index contributed by atoms with van der Waals surface area (Å²) in [6, 6.07) is 7.33. The number of likely N-dealkylation sites (tertiary alicyclic amines) is 1. The zero-order chi connectivity index (χ0) is 22.5. The summed E-state index contributed by atoms with van der Waals surface area (Å²) in [5, 5.41) is 0. The number of methoxy groups -OCH3 is 1. The highest BCUT2D eigenvalue weighted by Gasteiger charge is 2.67. The molecular formula is C24H28N2O6. The second-order valence-corrected chi connectivity index (χ2v) is 8.87. The molecule has 32 heavy (non-hydrogen) atoms. The van der Waals surface area contributed by atoms with E-state index in [1.54, 1.807) is 23.8 Å². The molecule has 4 aliphatic rings. The van der Waals surface area contributed by atoms with Crippen LogP contribution in [-0.4, -0.2) is 67.7 Å². The quantitative estimate of drug-likeness (QED) is 0.513. The van der Waals surface area contributed by atoms with E-state index in [1.165, 1.54) is 0 Å². The first-order valence-corrected chi connectivity index (χ1v) is 11.3. The van der Waals surface area contributed by atoms with Crippen molar-refractivity contribution in [1.29, 1.82) is 0 Å². The van der Waals surface area contributed by atoms with Gasteiger partial charge in [0.05, 0.1) is 44.1 Å². The van der Waals surface area contributed by atoms with E-state index in [4.69, 9.17) is 14.2 Å². The van der Waals surface area contributed by atoms with E-state index in [2.05, 4.69) is 0 Å². The van der Waals surface area contributed by atoms with Crippen molar-refractivity contribution in [3.63, 3.8) is 0 Å². The number of anilines is 1. The van der Waals surface area contributed by atoms with Gasteiger partial charge in [-0.2, -0.15) is 0 Å². The molecule has 170 valence electrons. The molecule has 1 aromatic carbocycles. The lowest BCUT2D eigenvalue weighted by Crippen LogP contribution is -2.49. The summed E-state index contributed by atoms with van der Waals surface area (Å²) in [6.07, 6.45) is 4.67. The van der Waals surface area contributed by atoms with E-state index in [0.29, 0.717) is 39.1 Å². The minimum absolute atomic E-state index is 0.0570. The molecule has 0 aromatic heterocycles. The molecule has 1 aromatic rings. The third-order valence-corrected chi connectivity index (χ3v) is 7.20. The standard InChI is InChI=1S/C24H28N2O6/c1-3-31-23(29)15-9-12-25(13-10-15)21(27)19-18-8-11-24(32-18)14-26(22(28)20(19)24)16-4-6-17(30-2)7-5-16/h4-8,11,15,18-20H,3,9-10,12-14H2,1-2H3/t18-,19?,20?,24?/m1/s1. The smallest absolute Gasteiger partial charge is 0.309 e. The minimum atomic E-state index is -0.759. The Kier molecular flexibility index (Phi) is 5.20. The van der Waals surface area contributed by atoms with E-state index >= 15 is 0 Å². The molecule has 4 atom stereocenters. The number of amides is 2. The molecule has 4 heterocycles. The molecular weight excluding hydrogens is 412 g/mol. The van der Waals surface area contributed by atoms with Crippen molar-refractivity contribution in [2.75, 3.05) is 38.3 Å². The Bertz CT molecular complexity index is 952. The van der Waals surface area contributed by atoms with Crippen LogP contribution in [0.3, 0.4) is 0 Å². The molecule has 3 unspecified atom stereocenters. The van der Waals surface area contributed by atoms with Crippen LogP contribution < -0.4 is 9.64 Å². The Labute approximate surface area is 187 Å². The fraction of sp³-hybridized carbons (Fsp3) is 0.542. The van der Waals surface area contributed by atoms with Crippen LogP contribution in [0.4, 0.5) is 5.69 Å². The van der Waals surface area contributed by atoms with E-state index in [-0.39, 0.29) is 29.8 Å². The Morgan fingerprint density at radius 2 is 1.91 bits per heavy atom. The highest BCUT2D eigenvalue weighted by atomic mass is 16.5. The molecule has 0 saturated carbocycles. The maximum Gasteiger partial charge on any atom is 0.309 e. The second-order valence-electron chi connectivity index (χ2n) is 8.87. The van der Waals surface area contributed by atoms with Crippen molar-refractivity contribution in [1.82, 2.24) is 4.90 Å². The average Bonchev–Trinajstić information content (AvgIpc) is 3.47. The number of esters is 1. The van der Waals surface area contributed by atoms with Crippen LogP contribution in [0.15, 0.2) is 36.4 Å². The molecule has 0 aliphatic carbocycles. The number of benzene rings is 1. The average molecular weight is 440 g/mol. The van der Waals surface area contributed by atoms with Gasteiger partial charge in [0.15, 0.2) is 0 Å². The summed E-state index contributed by atoms with van der Waals surface area (Å²) in [4.78, 5) is 42.5. The van der Waals surface area contributed by atoms with E-state index in [0.717, 1.165) is 11.4 Å². The monoisotopic (exact) mass is 440 g/mol. The van der Waals surface area contributed by atoms with Gasteiger partial charge in [-0.05, 0) is 44.0 Å². The van der Waals surface area contributed by atoms with Gasteiger partial charge in [0.25, 0.3) is 0 Å².